The molecule has 1 aromatic rings. The number of benzene rings is 1. The minimum atomic E-state index is 0.598. The third-order valence-electron chi connectivity index (χ3n) is 2.69. The first-order chi connectivity index (χ1) is 7.79. The molecule has 16 heavy (non-hydrogen) atoms. The first-order valence-electron chi connectivity index (χ1n) is 5.52. The molecule has 0 radical (unpaired) electrons. The number of hydrogen-bond acceptors (Lipinski definition) is 3. The van der Waals surface area contributed by atoms with Gasteiger partial charge < -0.3 is 10.5 Å². The van der Waals surface area contributed by atoms with Crippen molar-refractivity contribution in [1.82, 2.24) is 0 Å². The van der Waals surface area contributed by atoms with Gasteiger partial charge in [-0.05, 0) is 46.5 Å². The molecule has 1 saturated heterocycles. The van der Waals surface area contributed by atoms with Crippen LogP contribution in [0.15, 0.2) is 27.6 Å². The number of nitrogens with two attached hydrogens (primary N) is 1. The molecule has 0 atom stereocenters. The Bertz CT molecular complexity index is 353. The fourth-order valence-electron chi connectivity index (χ4n) is 1.74. The summed E-state index contributed by atoms with van der Waals surface area (Å²) >= 11 is 5.55. The fraction of sp³-hybridized carbons (Fsp3) is 0.500. The summed E-state index contributed by atoms with van der Waals surface area (Å²) in [7, 11) is 0. The second-order valence-electron chi connectivity index (χ2n) is 3.90. The highest BCUT2D eigenvalue weighted by Gasteiger charge is 2.16. The normalized spacial score (nSPS) is 17.6. The van der Waals surface area contributed by atoms with Gasteiger partial charge in [-0.3, -0.25) is 0 Å². The average Bonchev–Trinajstić information content (AvgIpc) is 2.33. The highest BCUT2D eigenvalue weighted by Crippen LogP contribution is 2.34. The van der Waals surface area contributed by atoms with Gasteiger partial charge in [0.2, 0.25) is 0 Å². The van der Waals surface area contributed by atoms with Crippen LogP contribution < -0.4 is 5.73 Å². The van der Waals surface area contributed by atoms with Gasteiger partial charge in [-0.15, -0.1) is 11.8 Å². The molecule has 0 aliphatic carbocycles. The van der Waals surface area contributed by atoms with Crippen LogP contribution in [0.3, 0.4) is 0 Å². The standard InChI is InChI=1S/C12H16BrNOS/c13-11-7-9(8-14)1-2-12(11)16-10-3-5-15-6-4-10/h1-2,7,10H,3-6,8,14H2. The molecule has 1 aliphatic rings. The molecule has 88 valence electrons. The Labute approximate surface area is 109 Å². The van der Waals surface area contributed by atoms with Crippen LogP contribution in [0.25, 0.3) is 0 Å². The molecule has 2 nitrogen and oxygen atoms in total. The van der Waals surface area contributed by atoms with Crippen molar-refractivity contribution in [2.75, 3.05) is 13.2 Å². The van der Waals surface area contributed by atoms with Crippen LogP contribution in [-0.4, -0.2) is 18.5 Å². The predicted octanol–water partition coefficient (Wildman–Crippen LogP) is 3.18. The van der Waals surface area contributed by atoms with Crippen molar-refractivity contribution in [3.05, 3.63) is 28.2 Å². The van der Waals surface area contributed by atoms with Crippen molar-refractivity contribution in [2.24, 2.45) is 5.73 Å². The van der Waals surface area contributed by atoms with Gasteiger partial charge in [-0.25, -0.2) is 0 Å². The van der Waals surface area contributed by atoms with E-state index >= 15 is 0 Å². The zero-order valence-electron chi connectivity index (χ0n) is 9.12. The molecule has 2 rings (SSSR count). The van der Waals surface area contributed by atoms with Crippen LogP contribution in [-0.2, 0) is 11.3 Å². The Morgan fingerprint density at radius 2 is 2.12 bits per heavy atom. The van der Waals surface area contributed by atoms with Gasteiger partial charge in [0.15, 0.2) is 0 Å². The van der Waals surface area contributed by atoms with Crippen LogP contribution in [0.5, 0.6) is 0 Å². The lowest BCUT2D eigenvalue weighted by Gasteiger charge is -2.22. The third kappa shape index (κ3) is 3.23. The van der Waals surface area contributed by atoms with E-state index in [1.54, 1.807) is 0 Å². The van der Waals surface area contributed by atoms with Gasteiger partial charge in [0.1, 0.15) is 0 Å². The lowest BCUT2D eigenvalue weighted by atomic mass is 10.2. The van der Waals surface area contributed by atoms with E-state index in [1.165, 1.54) is 10.5 Å². The second kappa shape index (κ2) is 6.05. The number of rotatable bonds is 3. The molecule has 0 amide bonds. The predicted molar refractivity (Wildman–Crippen MR) is 71.7 cm³/mol. The van der Waals surface area contributed by atoms with Crippen molar-refractivity contribution in [2.45, 2.75) is 29.5 Å². The molecule has 0 spiro atoms. The summed E-state index contributed by atoms with van der Waals surface area (Å²) in [6.45, 7) is 2.40. The fourth-order valence-corrected chi connectivity index (χ4v) is 3.55. The highest BCUT2D eigenvalue weighted by atomic mass is 79.9. The van der Waals surface area contributed by atoms with Gasteiger partial charge in [-0.1, -0.05) is 6.07 Å². The number of hydrogen-bond donors (Lipinski definition) is 1. The molecule has 1 aliphatic heterocycles. The van der Waals surface area contributed by atoms with Crippen LogP contribution in [0.2, 0.25) is 0 Å². The minimum Gasteiger partial charge on any atom is -0.381 e. The van der Waals surface area contributed by atoms with E-state index in [0.717, 1.165) is 30.5 Å². The maximum absolute atomic E-state index is 5.61. The Kier molecular flexibility index (Phi) is 4.70. The minimum absolute atomic E-state index is 0.598. The van der Waals surface area contributed by atoms with Crippen LogP contribution in [0, 0.1) is 0 Å². The van der Waals surface area contributed by atoms with E-state index in [-0.39, 0.29) is 0 Å². The maximum atomic E-state index is 5.61. The number of halogens is 1. The van der Waals surface area contributed by atoms with Crippen molar-refractivity contribution >= 4 is 27.7 Å². The average molecular weight is 302 g/mol. The maximum Gasteiger partial charge on any atom is 0.0476 e. The zero-order chi connectivity index (χ0) is 11.4. The van der Waals surface area contributed by atoms with Gasteiger partial charge in [0, 0.05) is 34.4 Å². The Morgan fingerprint density at radius 3 is 2.75 bits per heavy atom. The molecule has 1 heterocycles. The van der Waals surface area contributed by atoms with Gasteiger partial charge >= 0.3 is 0 Å². The lowest BCUT2D eigenvalue weighted by Crippen LogP contribution is -2.17. The van der Waals surface area contributed by atoms with Crippen LogP contribution in [0.4, 0.5) is 0 Å². The van der Waals surface area contributed by atoms with Crippen molar-refractivity contribution < 1.29 is 4.74 Å². The van der Waals surface area contributed by atoms with E-state index in [9.17, 15) is 0 Å². The molecule has 4 heteroatoms. The second-order valence-corrected chi connectivity index (χ2v) is 6.10. The van der Waals surface area contributed by atoms with E-state index in [0.29, 0.717) is 11.8 Å². The molecule has 0 bridgehead atoms. The molecule has 1 aromatic carbocycles. The highest BCUT2D eigenvalue weighted by molar-refractivity contribution is 9.10. The summed E-state index contributed by atoms with van der Waals surface area (Å²) in [5.41, 5.74) is 6.78. The molecule has 2 N–H and O–H groups in total. The molecule has 1 fully saturated rings. The molecule has 0 saturated carbocycles. The van der Waals surface area contributed by atoms with E-state index in [2.05, 4.69) is 34.1 Å². The summed E-state index contributed by atoms with van der Waals surface area (Å²) in [5, 5.41) is 0.689. The summed E-state index contributed by atoms with van der Waals surface area (Å²) < 4.78 is 6.52. The quantitative estimate of drug-likeness (QED) is 0.931. The first kappa shape index (κ1) is 12.4. The van der Waals surface area contributed by atoms with Crippen molar-refractivity contribution in [3.8, 4) is 0 Å². The molecule has 0 unspecified atom stereocenters. The molecular weight excluding hydrogens is 286 g/mol. The smallest absolute Gasteiger partial charge is 0.0476 e. The van der Waals surface area contributed by atoms with E-state index < -0.39 is 0 Å². The summed E-state index contributed by atoms with van der Waals surface area (Å²) in [6, 6.07) is 6.38. The number of ether oxygens (including phenoxy) is 1. The Hall–Kier alpha value is -0.0300. The topological polar surface area (TPSA) is 35.2 Å². The van der Waals surface area contributed by atoms with E-state index in [1.807, 2.05) is 11.8 Å². The largest absolute Gasteiger partial charge is 0.381 e. The Balaban J connectivity index is 2.03. The zero-order valence-corrected chi connectivity index (χ0v) is 11.5. The number of thioether (sulfide) groups is 1. The van der Waals surface area contributed by atoms with Crippen molar-refractivity contribution in [1.29, 1.82) is 0 Å². The first-order valence-corrected chi connectivity index (χ1v) is 7.20. The van der Waals surface area contributed by atoms with Gasteiger partial charge in [-0.2, -0.15) is 0 Å². The van der Waals surface area contributed by atoms with Crippen LogP contribution in [0.1, 0.15) is 18.4 Å². The van der Waals surface area contributed by atoms with Gasteiger partial charge in [0.25, 0.3) is 0 Å². The molecule has 0 aromatic heterocycles. The lowest BCUT2D eigenvalue weighted by molar-refractivity contribution is 0.100. The SMILES string of the molecule is NCc1ccc(SC2CCOCC2)c(Br)c1. The van der Waals surface area contributed by atoms with Gasteiger partial charge in [0.05, 0.1) is 0 Å². The third-order valence-corrected chi connectivity index (χ3v) is 5.03. The summed E-state index contributed by atoms with van der Waals surface area (Å²) in [4.78, 5) is 1.31. The van der Waals surface area contributed by atoms with Crippen LogP contribution >= 0.6 is 27.7 Å². The van der Waals surface area contributed by atoms with Crippen molar-refractivity contribution in [3.63, 3.8) is 0 Å². The molecular formula is C12H16BrNOS. The monoisotopic (exact) mass is 301 g/mol. The Morgan fingerprint density at radius 1 is 1.38 bits per heavy atom. The van der Waals surface area contributed by atoms with E-state index in [4.69, 9.17) is 10.5 Å². The summed E-state index contributed by atoms with van der Waals surface area (Å²) in [6.07, 6.45) is 2.30. The summed E-state index contributed by atoms with van der Waals surface area (Å²) in [5.74, 6) is 0.